The van der Waals surface area contributed by atoms with Gasteiger partial charge in [0.2, 0.25) is 0 Å². The second kappa shape index (κ2) is 7.66. The quantitative estimate of drug-likeness (QED) is 0.642. The van der Waals surface area contributed by atoms with E-state index < -0.39 is 24.4 Å². The van der Waals surface area contributed by atoms with Crippen molar-refractivity contribution in [3.63, 3.8) is 0 Å². The van der Waals surface area contributed by atoms with E-state index in [-0.39, 0.29) is 18.8 Å². The Kier molecular flexibility index (Phi) is 5.25. The lowest BCUT2D eigenvalue weighted by molar-refractivity contribution is -0.181. The first-order valence-electron chi connectivity index (χ1n) is 8.93. The van der Waals surface area contributed by atoms with Crippen molar-refractivity contribution in [2.24, 2.45) is 0 Å². The van der Waals surface area contributed by atoms with Gasteiger partial charge >= 0.3 is 0 Å². The van der Waals surface area contributed by atoms with Gasteiger partial charge in [0.1, 0.15) is 18.0 Å². The SMILES string of the molecule is OCC1OC(c2ccc(F)c(Cc3cc4ccccc4s3)c2)C(O)C[C@H]1O. The van der Waals surface area contributed by atoms with Crippen LogP contribution in [0.3, 0.4) is 0 Å². The molecule has 0 saturated carbocycles. The number of halogens is 1. The average Bonchev–Trinajstić information content (AvgIpc) is 3.06. The summed E-state index contributed by atoms with van der Waals surface area (Å²) in [6.45, 7) is -0.333. The molecule has 142 valence electrons. The summed E-state index contributed by atoms with van der Waals surface area (Å²) >= 11 is 1.63. The standard InChI is InChI=1S/C21H21FO4S/c22-16-6-5-13(21-18(25)10-17(24)19(11-23)26-21)7-14(16)9-15-8-12-3-1-2-4-20(12)27-15/h1-8,17-19,21,23-25H,9-11H2/t17-,18?,19?,21?/m1/s1. The lowest BCUT2D eigenvalue weighted by Gasteiger charge is -2.36. The van der Waals surface area contributed by atoms with Crippen LogP contribution in [0.1, 0.15) is 28.5 Å². The van der Waals surface area contributed by atoms with Crippen molar-refractivity contribution >= 4 is 21.4 Å². The molecule has 1 aromatic heterocycles. The maximum atomic E-state index is 14.4. The van der Waals surface area contributed by atoms with E-state index in [1.165, 1.54) is 6.07 Å². The molecule has 3 aromatic rings. The van der Waals surface area contributed by atoms with Crippen LogP contribution in [0.4, 0.5) is 4.39 Å². The first-order chi connectivity index (χ1) is 13.0. The average molecular weight is 388 g/mol. The van der Waals surface area contributed by atoms with Gasteiger partial charge in [-0.05, 0) is 40.8 Å². The summed E-state index contributed by atoms with van der Waals surface area (Å²) in [6, 6.07) is 14.8. The summed E-state index contributed by atoms with van der Waals surface area (Å²) < 4.78 is 21.2. The van der Waals surface area contributed by atoms with Crippen LogP contribution in [0.15, 0.2) is 48.5 Å². The molecule has 0 bridgehead atoms. The molecular formula is C21H21FO4S. The predicted octanol–water partition coefficient (Wildman–Crippen LogP) is 3.18. The minimum absolute atomic E-state index is 0.110. The van der Waals surface area contributed by atoms with Gasteiger partial charge in [0.25, 0.3) is 0 Å². The van der Waals surface area contributed by atoms with Crippen molar-refractivity contribution < 1.29 is 24.4 Å². The van der Waals surface area contributed by atoms with E-state index in [0.29, 0.717) is 17.5 Å². The second-order valence-corrected chi connectivity index (χ2v) is 8.09. The van der Waals surface area contributed by atoms with Gasteiger partial charge in [0, 0.05) is 22.4 Å². The van der Waals surface area contributed by atoms with Crippen LogP contribution in [-0.4, -0.2) is 40.2 Å². The van der Waals surface area contributed by atoms with Crippen molar-refractivity contribution in [2.45, 2.75) is 37.3 Å². The van der Waals surface area contributed by atoms with Crippen LogP contribution >= 0.6 is 11.3 Å². The van der Waals surface area contributed by atoms with Gasteiger partial charge < -0.3 is 20.1 Å². The van der Waals surface area contributed by atoms with Crippen LogP contribution in [0.25, 0.3) is 10.1 Å². The molecule has 1 saturated heterocycles. The molecule has 1 aliphatic heterocycles. The van der Waals surface area contributed by atoms with Crippen LogP contribution in [0.2, 0.25) is 0 Å². The third-order valence-corrected chi connectivity index (χ3v) is 6.12. The van der Waals surface area contributed by atoms with Crippen molar-refractivity contribution in [1.29, 1.82) is 0 Å². The topological polar surface area (TPSA) is 69.9 Å². The van der Waals surface area contributed by atoms with E-state index in [1.54, 1.807) is 23.5 Å². The molecule has 1 aliphatic rings. The summed E-state index contributed by atoms with van der Waals surface area (Å²) in [5.74, 6) is -0.305. The second-order valence-electron chi connectivity index (χ2n) is 6.93. The summed E-state index contributed by atoms with van der Waals surface area (Å²) in [6.07, 6.45) is -2.72. The molecular weight excluding hydrogens is 367 g/mol. The molecule has 4 rings (SSSR count). The molecule has 6 heteroatoms. The molecule has 0 aliphatic carbocycles. The normalized spacial score (nSPS) is 25.8. The van der Waals surface area contributed by atoms with E-state index in [2.05, 4.69) is 6.07 Å². The smallest absolute Gasteiger partial charge is 0.126 e. The van der Waals surface area contributed by atoms with E-state index in [0.717, 1.165) is 15.0 Å². The largest absolute Gasteiger partial charge is 0.394 e. The number of rotatable bonds is 4. The first kappa shape index (κ1) is 18.5. The minimum Gasteiger partial charge on any atom is -0.394 e. The van der Waals surface area contributed by atoms with E-state index in [1.807, 2.05) is 24.3 Å². The van der Waals surface area contributed by atoms with Crippen LogP contribution in [-0.2, 0) is 11.2 Å². The zero-order chi connectivity index (χ0) is 19.0. The highest BCUT2D eigenvalue weighted by Gasteiger charge is 2.36. The zero-order valence-electron chi connectivity index (χ0n) is 14.6. The van der Waals surface area contributed by atoms with Gasteiger partial charge in [-0.25, -0.2) is 4.39 Å². The molecule has 0 amide bonds. The van der Waals surface area contributed by atoms with Crippen LogP contribution in [0.5, 0.6) is 0 Å². The third kappa shape index (κ3) is 3.77. The summed E-state index contributed by atoms with van der Waals surface area (Å²) in [5.41, 5.74) is 1.17. The Labute approximate surface area is 160 Å². The monoisotopic (exact) mass is 388 g/mol. The molecule has 0 radical (unpaired) electrons. The fourth-order valence-electron chi connectivity index (χ4n) is 3.58. The Morgan fingerprint density at radius 3 is 2.67 bits per heavy atom. The molecule has 0 spiro atoms. The number of benzene rings is 2. The Bertz CT molecular complexity index is 908. The van der Waals surface area contributed by atoms with Crippen molar-refractivity contribution in [1.82, 2.24) is 0 Å². The maximum Gasteiger partial charge on any atom is 0.126 e. The third-order valence-electron chi connectivity index (χ3n) is 5.00. The van der Waals surface area contributed by atoms with Gasteiger partial charge in [0.05, 0.1) is 18.8 Å². The van der Waals surface area contributed by atoms with Gasteiger partial charge in [-0.2, -0.15) is 0 Å². The van der Waals surface area contributed by atoms with Gasteiger partial charge in [-0.1, -0.05) is 24.3 Å². The van der Waals surface area contributed by atoms with Gasteiger partial charge in [-0.3, -0.25) is 0 Å². The number of aliphatic hydroxyl groups excluding tert-OH is 3. The minimum atomic E-state index is -0.917. The number of thiophene rings is 1. The maximum absolute atomic E-state index is 14.4. The summed E-state index contributed by atoms with van der Waals surface area (Å²) in [7, 11) is 0. The molecule has 2 aromatic carbocycles. The molecule has 27 heavy (non-hydrogen) atoms. The molecule has 3 N–H and O–H groups in total. The number of ether oxygens (including phenoxy) is 1. The molecule has 4 atom stereocenters. The van der Waals surface area contributed by atoms with Gasteiger partial charge in [0.15, 0.2) is 0 Å². The highest BCUT2D eigenvalue weighted by Crippen LogP contribution is 2.34. The van der Waals surface area contributed by atoms with E-state index >= 15 is 0 Å². The van der Waals surface area contributed by atoms with Crippen LogP contribution < -0.4 is 0 Å². The fourth-order valence-corrected chi connectivity index (χ4v) is 4.66. The molecule has 3 unspecified atom stereocenters. The highest BCUT2D eigenvalue weighted by atomic mass is 32.1. The first-order valence-corrected chi connectivity index (χ1v) is 9.75. The van der Waals surface area contributed by atoms with E-state index in [4.69, 9.17) is 4.74 Å². The Hall–Kier alpha value is -1.83. The molecule has 2 heterocycles. The zero-order valence-corrected chi connectivity index (χ0v) is 15.4. The lowest BCUT2D eigenvalue weighted by atomic mass is 9.92. The Morgan fingerprint density at radius 2 is 1.89 bits per heavy atom. The lowest BCUT2D eigenvalue weighted by Crippen LogP contribution is -2.44. The Morgan fingerprint density at radius 1 is 1.07 bits per heavy atom. The van der Waals surface area contributed by atoms with Gasteiger partial charge in [-0.15, -0.1) is 11.3 Å². The Balaban J connectivity index is 1.61. The van der Waals surface area contributed by atoms with Crippen molar-refractivity contribution in [3.8, 4) is 0 Å². The highest BCUT2D eigenvalue weighted by molar-refractivity contribution is 7.19. The molecule has 1 fully saturated rings. The molecule has 4 nitrogen and oxygen atoms in total. The summed E-state index contributed by atoms with van der Waals surface area (Å²) in [5, 5.41) is 30.6. The number of aliphatic hydroxyl groups is 3. The van der Waals surface area contributed by atoms with Crippen molar-refractivity contribution in [3.05, 3.63) is 70.4 Å². The predicted molar refractivity (Wildman–Crippen MR) is 102 cm³/mol. The van der Waals surface area contributed by atoms with Crippen molar-refractivity contribution in [2.75, 3.05) is 6.61 Å². The number of hydrogen-bond donors (Lipinski definition) is 3. The van der Waals surface area contributed by atoms with Crippen LogP contribution in [0, 0.1) is 5.82 Å². The number of fused-ring (bicyclic) bond motifs is 1. The number of hydrogen-bond acceptors (Lipinski definition) is 5. The fraction of sp³-hybridized carbons (Fsp3) is 0.333. The van der Waals surface area contributed by atoms with E-state index in [9.17, 15) is 19.7 Å². The summed E-state index contributed by atoms with van der Waals surface area (Å²) in [4.78, 5) is 1.06.